The van der Waals surface area contributed by atoms with Gasteiger partial charge in [-0.1, -0.05) is 19.3 Å². The molecule has 0 bridgehead atoms. The summed E-state index contributed by atoms with van der Waals surface area (Å²) in [6.45, 7) is 1.50. The summed E-state index contributed by atoms with van der Waals surface area (Å²) in [5.41, 5.74) is 1.61. The average Bonchev–Trinajstić information content (AvgIpc) is 2.48. The molecule has 1 aliphatic carbocycles. The van der Waals surface area contributed by atoms with Gasteiger partial charge in [-0.2, -0.15) is 0 Å². The van der Waals surface area contributed by atoms with Crippen LogP contribution in [-0.4, -0.2) is 23.6 Å². The van der Waals surface area contributed by atoms with Crippen molar-refractivity contribution in [3.8, 4) is 5.75 Å². The minimum atomic E-state index is -1.01. The Labute approximate surface area is 130 Å². The van der Waals surface area contributed by atoms with Crippen LogP contribution in [0.15, 0.2) is 18.2 Å². The standard InChI is InChI=1S/C17H23NO4/c1-12-9-14(22-11-17(20)21)7-8-15(12)18-16(19)10-13-5-3-2-4-6-13/h7-9,13H,2-6,10-11H2,1H3,(H,18,19)(H,20,21). The van der Waals surface area contributed by atoms with E-state index >= 15 is 0 Å². The van der Waals surface area contributed by atoms with Crippen LogP contribution in [0.5, 0.6) is 5.75 Å². The number of rotatable bonds is 6. The zero-order valence-electron chi connectivity index (χ0n) is 12.9. The SMILES string of the molecule is Cc1cc(OCC(=O)O)ccc1NC(=O)CC1CCCCC1. The van der Waals surface area contributed by atoms with Crippen LogP contribution in [0, 0.1) is 12.8 Å². The van der Waals surface area contributed by atoms with E-state index in [2.05, 4.69) is 5.32 Å². The van der Waals surface area contributed by atoms with E-state index in [1.165, 1.54) is 19.3 Å². The maximum atomic E-state index is 12.1. The van der Waals surface area contributed by atoms with Crippen LogP contribution in [0.1, 0.15) is 44.1 Å². The molecule has 0 saturated heterocycles. The number of carboxylic acids is 1. The highest BCUT2D eigenvalue weighted by molar-refractivity contribution is 5.91. The van der Waals surface area contributed by atoms with Crippen molar-refractivity contribution in [1.82, 2.24) is 0 Å². The molecule has 120 valence electrons. The molecule has 2 rings (SSSR count). The third kappa shape index (κ3) is 5.06. The molecule has 0 aromatic heterocycles. The highest BCUT2D eigenvalue weighted by Gasteiger charge is 2.17. The Morgan fingerprint density at radius 1 is 1.27 bits per heavy atom. The van der Waals surface area contributed by atoms with Gasteiger partial charge in [-0.15, -0.1) is 0 Å². The number of nitrogens with one attached hydrogen (secondary N) is 1. The lowest BCUT2D eigenvalue weighted by Gasteiger charge is -2.21. The average molecular weight is 305 g/mol. The Balaban J connectivity index is 1.88. The van der Waals surface area contributed by atoms with Crippen LogP contribution in [-0.2, 0) is 9.59 Å². The van der Waals surface area contributed by atoms with Crippen molar-refractivity contribution in [2.45, 2.75) is 45.4 Å². The summed E-state index contributed by atoms with van der Waals surface area (Å²) in [4.78, 5) is 22.6. The molecule has 1 aliphatic rings. The van der Waals surface area contributed by atoms with Crippen LogP contribution in [0.2, 0.25) is 0 Å². The van der Waals surface area contributed by atoms with E-state index in [9.17, 15) is 9.59 Å². The van der Waals surface area contributed by atoms with Crippen LogP contribution in [0.4, 0.5) is 5.69 Å². The fourth-order valence-corrected chi connectivity index (χ4v) is 2.87. The highest BCUT2D eigenvalue weighted by atomic mass is 16.5. The van der Waals surface area contributed by atoms with Crippen molar-refractivity contribution < 1.29 is 19.4 Å². The fraction of sp³-hybridized carbons (Fsp3) is 0.529. The summed E-state index contributed by atoms with van der Waals surface area (Å²) in [5, 5.41) is 11.5. The summed E-state index contributed by atoms with van der Waals surface area (Å²) in [5.74, 6) is 0.0362. The lowest BCUT2D eigenvalue weighted by Crippen LogP contribution is -2.18. The molecule has 5 nitrogen and oxygen atoms in total. The number of carbonyl (C=O) groups excluding carboxylic acids is 1. The minimum Gasteiger partial charge on any atom is -0.482 e. The van der Waals surface area contributed by atoms with E-state index in [0.717, 1.165) is 24.1 Å². The normalized spacial score (nSPS) is 15.3. The smallest absolute Gasteiger partial charge is 0.341 e. The van der Waals surface area contributed by atoms with Crippen molar-refractivity contribution >= 4 is 17.6 Å². The Hall–Kier alpha value is -2.04. The first-order chi connectivity index (χ1) is 10.5. The first kappa shape index (κ1) is 16.3. The van der Waals surface area contributed by atoms with Crippen molar-refractivity contribution in [3.63, 3.8) is 0 Å². The van der Waals surface area contributed by atoms with Crippen molar-refractivity contribution in [1.29, 1.82) is 0 Å². The number of hydrogen-bond acceptors (Lipinski definition) is 3. The molecule has 1 fully saturated rings. The molecular formula is C17H23NO4. The van der Waals surface area contributed by atoms with Gasteiger partial charge in [-0.3, -0.25) is 4.79 Å². The molecule has 1 aromatic carbocycles. The van der Waals surface area contributed by atoms with Crippen molar-refractivity contribution in [2.75, 3.05) is 11.9 Å². The van der Waals surface area contributed by atoms with E-state index in [1.807, 2.05) is 6.92 Å². The number of anilines is 1. The van der Waals surface area contributed by atoms with Gasteiger partial charge >= 0.3 is 5.97 Å². The molecular weight excluding hydrogens is 282 g/mol. The molecule has 5 heteroatoms. The third-order valence-electron chi connectivity index (χ3n) is 4.03. The monoisotopic (exact) mass is 305 g/mol. The number of amides is 1. The minimum absolute atomic E-state index is 0.0502. The second-order valence-corrected chi connectivity index (χ2v) is 5.92. The van der Waals surface area contributed by atoms with E-state index in [0.29, 0.717) is 18.1 Å². The molecule has 1 amide bonds. The van der Waals surface area contributed by atoms with Crippen LogP contribution in [0.3, 0.4) is 0 Å². The summed E-state index contributed by atoms with van der Waals surface area (Å²) >= 11 is 0. The van der Waals surface area contributed by atoms with Gasteiger partial charge in [-0.25, -0.2) is 4.79 Å². The molecule has 0 heterocycles. The van der Waals surface area contributed by atoms with Gasteiger partial charge in [0.25, 0.3) is 0 Å². The van der Waals surface area contributed by atoms with Gasteiger partial charge in [0, 0.05) is 12.1 Å². The van der Waals surface area contributed by atoms with Crippen molar-refractivity contribution in [3.05, 3.63) is 23.8 Å². The Kier molecular flexibility index (Phi) is 5.81. The maximum absolute atomic E-state index is 12.1. The Morgan fingerprint density at radius 2 is 2.00 bits per heavy atom. The molecule has 1 saturated carbocycles. The number of carboxylic acid groups (broad SMARTS) is 1. The Bertz CT molecular complexity index is 535. The maximum Gasteiger partial charge on any atom is 0.341 e. The van der Waals surface area contributed by atoms with Crippen LogP contribution in [0.25, 0.3) is 0 Å². The summed E-state index contributed by atoms with van der Waals surface area (Å²) in [6.07, 6.45) is 6.62. The molecule has 1 aromatic rings. The van der Waals surface area contributed by atoms with E-state index in [-0.39, 0.29) is 12.5 Å². The Morgan fingerprint density at radius 3 is 2.64 bits per heavy atom. The number of aryl methyl sites for hydroxylation is 1. The van der Waals surface area contributed by atoms with Crippen molar-refractivity contribution in [2.24, 2.45) is 5.92 Å². The quantitative estimate of drug-likeness (QED) is 0.845. The zero-order chi connectivity index (χ0) is 15.9. The molecule has 0 aliphatic heterocycles. The predicted molar refractivity (Wildman–Crippen MR) is 84.1 cm³/mol. The van der Waals surface area contributed by atoms with Gasteiger partial charge in [-0.05, 0) is 49.4 Å². The number of aliphatic carboxylic acids is 1. The van der Waals surface area contributed by atoms with Gasteiger partial charge in [0.05, 0.1) is 0 Å². The number of carbonyl (C=O) groups is 2. The zero-order valence-corrected chi connectivity index (χ0v) is 12.9. The molecule has 22 heavy (non-hydrogen) atoms. The molecule has 0 radical (unpaired) electrons. The lowest BCUT2D eigenvalue weighted by molar-refractivity contribution is -0.139. The largest absolute Gasteiger partial charge is 0.482 e. The highest BCUT2D eigenvalue weighted by Crippen LogP contribution is 2.27. The number of hydrogen-bond donors (Lipinski definition) is 2. The predicted octanol–water partition coefficient (Wildman–Crippen LogP) is 3.37. The van der Waals surface area contributed by atoms with Crippen LogP contribution >= 0.6 is 0 Å². The molecule has 0 unspecified atom stereocenters. The topological polar surface area (TPSA) is 75.6 Å². The van der Waals surface area contributed by atoms with Gasteiger partial charge in [0.2, 0.25) is 5.91 Å². The number of ether oxygens (including phenoxy) is 1. The number of benzene rings is 1. The van der Waals surface area contributed by atoms with E-state index in [4.69, 9.17) is 9.84 Å². The molecule has 0 spiro atoms. The third-order valence-corrected chi connectivity index (χ3v) is 4.03. The molecule has 0 atom stereocenters. The summed E-state index contributed by atoms with van der Waals surface area (Å²) < 4.78 is 5.12. The summed E-state index contributed by atoms with van der Waals surface area (Å²) in [6, 6.07) is 5.16. The lowest BCUT2D eigenvalue weighted by atomic mass is 9.87. The van der Waals surface area contributed by atoms with Gasteiger partial charge in [0.15, 0.2) is 6.61 Å². The van der Waals surface area contributed by atoms with E-state index < -0.39 is 5.97 Å². The van der Waals surface area contributed by atoms with Gasteiger partial charge < -0.3 is 15.2 Å². The first-order valence-electron chi connectivity index (χ1n) is 7.79. The second kappa shape index (κ2) is 7.82. The fourth-order valence-electron chi connectivity index (χ4n) is 2.87. The van der Waals surface area contributed by atoms with Gasteiger partial charge in [0.1, 0.15) is 5.75 Å². The summed E-state index contributed by atoms with van der Waals surface area (Å²) in [7, 11) is 0. The first-order valence-corrected chi connectivity index (χ1v) is 7.79. The van der Waals surface area contributed by atoms with Crippen LogP contribution < -0.4 is 10.1 Å². The molecule has 2 N–H and O–H groups in total. The van der Waals surface area contributed by atoms with E-state index in [1.54, 1.807) is 18.2 Å². The second-order valence-electron chi connectivity index (χ2n) is 5.92.